The summed E-state index contributed by atoms with van der Waals surface area (Å²) in [6.07, 6.45) is 1.21. The molecule has 2 aromatic heterocycles. The van der Waals surface area contributed by atoms with Crippen LogP contribution in [0.3, 0.4) is 0 Å². The Morgan fingerprint density at radius 1 is 1.13 bits per heavy atom. The van der Waals surface area contributed by atoms with E-state index in [0.717, 1.165) is 11.1 Å². The number of carbonyl (C=O) groups is 1. The smallest absolute Gasteiger partial charge is 0.415 e. The van der Waals surface area contributed by atoms with Crippen LogP contribution in [0.5, 0.6) is 0 Å². The second-order valence-corrected chi connectivity index (χ2v) is 7.68. The van der Waals surface area contributed by atoms with Gasteiger partial charge in [-0.3, -0.25) is 4.90 Å². The summed E-state index contributed by atoms with van der Waals surface area (Å²) < 4.78 is 10.6. The molecule has 0 radical (unpaired) electrons. The van der Waals surface area contributed by atoms with Crippen LogP contribution in [0.25, 0.3) is 11.4 Å². The molecule has 1 fully saturated rings. The molecule has 1 aromatic carbocycles. The second-order valence-electron chi connectivity index (χ2n) is 7.68. The summed E-state index contributed by atoms with van der Waals surface area (Å²) in [4.78, 5) is 27.0. The average Bonchev–Trinajstić information content (AvgIpc) is 3.36. The number of rotatable bonds is 6. The van der Waals surface area contributed by atoms with E-state index in [1.807, 2.05) is 52.0 Å². The largest absolute Gasteiger partial charge is 0.447 e. The van der Waals surface area contributed by atoms with Crippen molar-refractivity contribution in [1.29, 1.82) is 0 Å². The van der Waals surface area contributed by atoms with E-state index in [0.29, 0.717) is 30.1 Å². The van der Waals surface area contributed by atoms with Crippen molar-refractivity contribution in [3.05, 3.63) is 48.0 Å². The molecule has 1 aliphatic rings. The number of ether oxygens (including phenoxy) is 1. The molecule has 2 atom stereocenters. The molecule has 0 bridgehead atoms. The van der Waals surface area contributed by atoms with E-state index in [1.54, 1.807) is 17.2 Å². The lowest BCUT2D eigenvalue weighted by atomic mass is 10.0. The minimum atomic E-state index is -0.397. The molecule has 3 aromatic rings. The molecule has 0 aliphatic carbocycles. The van der Waals surface area contributed by atoms with Crippen LogP contribution >= 0.6 is 0 Å². The predicted octanol–water partition coefficient (Wildman–Crippen LogP) is 3.99. The third-order valence-corrected chi connectivity index (χ3v) is 5.03. The number of benzene rings is 1. The summed E-state index contributed by atoms with van der Waals surface area (Å²) in [5, 5.41) is 7.22. The van der Waals surface area contributed by atoms with Gasteiger partial charge in [-0.1, -0.05) is 48.8 Å². The molecule has 0 spiro atoms. The summed E-state index contributed by atoms with van der Waals surface area (Å²) >= 11 is 0. The van der Waals surface area contributed by atoms with Crippen LogP contribution in [0.1, 0.15) is 38.3 Å². The molecule has 156 valence electrons. The average molecular weight is 408 g/mol. The zero-order valence-electron chi connectivity index (χ0n) is 17.4. The number of cyclic esters (lactones) is 1. The number of nitrogens with zero attached hydrogens (tertiary/aromatic N) is 5. The van der Waals surface area contributed by atoms with Crippen LogP contribution in [-0.4, -0.2) is 38.9 Å². The Labute approximate surface area is 174 Å². The molecule has 4 rings (SSSR count). The maximum atomic E-state index is 12.2. The van der Waals surface area contributed by atoms with E-state index in [9.17, 15) is 4.79 Å². The lowest BCUT2D eigenvalue weighted by Crippen LogP contribution is -2.37. The highest BCUT2D eigenvalue weighted by molar-refractivity contribution is 5.89. The highest BCUT2D eigenvalue weighted by Crippen LogP contribution is 2.27. The molecular weight excluding hydrogens is 384 g/mol. The van der Waals surface area contributed by atoms with Crippen LogP contribution in [0, 0.1) is 12.8 Å². The van der Waals surface area contributed by atoms with Gasteiger partial charge >= 0.3 is 6.09 Å². The van der Waals surface area contributed by atoms with E-state index < -0.39 is 6.09 Å². The van der Waals surface area contributed by atoms with Crippen LogP contribution in [0.2, 0.25) is 0 Å². The molecule has 1 unspecified atom stereocenters. The number of aromatic nitrogens is 4. The topological polar surface area (TPSA) is 106 Å². The fourth-order valence-electron chi connectivity index (χ4n) is 3.23. The number of amides is 1. The second kappa shape index (κ2) is 8.10. The Morgan fingerprint density at radius 2 is 1.90 bits per heavy atom. The summed E-state index contributed by atoms with van der Waals surface area (Å²) in [5.74, 6) is 2.03. The van der Waals surface area contributed by atoms with Crippen molar-refractivity contribution in [2.24, 2.45) is 5.92 Å². The van der Waals surface area contributed by atoms with E-state index in [-0.39, 0.29) is 18.0 Å². The first-order chi connectivity index (χ1) is 14.4. The molecule has 1 aliphatic heterocycles. The van der Waals surface area contributed by atoms with Crippen molar-refractivity contribution in [3.8, 4) is 11.4 Å². The predicted molar refractivity (Wildman–Crippen MR) is 111 cm³/mol. The molecule has 1 N–H and O–H groups in total. The molecule has 30 heavy (non-hydrogen) atoms. The van der Waals surface area contributed by atoms with Crippen LogP contribution in [-0.2, 0) is 4.74 Å². The van der Waals surface area contributed by atoms with E-state index >= 15 is 0 Å². The number of anilines is 2. The Kier molecular flexibility index (Phi) is 5.35. The molecule has 9 heteroatoms. The molecule has 3 heterocycles. The van der Waals surface area contributed by atoms with Crippen molar-refractivity contribution >= 4 is 17.9 Å². The maximum Gasteiger partial charge on any atom is 0.415 e. The third-order valence-electron chi connectivity index (χ3n) is 5.03. The van der Waals surface area contributed by atoms with Crippen molar-refractivity contribution in [3.63, 3.8) is 0 Å². The number of nitrogens with one attached hydrogen (secondary N) is 1. The Morgan fingerprint density at radius 3 is 2.63 bits per heavy atom. The molecule has 1 saturated heterocycles. The first-order valence-corrected chi connectivity index (χ1v) is 9.88. The zero-order chi connectivity index (χ0) is 21.3. The quantitative estimate of drug-likeness (QED) is 0.652. The van der Waals surface area contributed by atoms with Gasteiger partial charge in [0.2, 0.25) is 17.7 Å². The van der Waals surface area contributed by atoms with Crippen molar-refractivity contribution < 1.29 is 14.1 Å². The standard InChI is InChI=1S/C21H24N6O3/c1-12(2)16-11-29-21(28)27(16)17-9-10-22-20(24-17)23-14(4)19-25-18(26-30-19)15-7-5-13(3)6-8-15/h5-10,12,14,16H,11H2,1-4H3,(H,22,23,24)/t14-,16?/m1/s1. The van der Waals surface area contributed by atoms with Gasteiger partial charge in [-0.15, -0.1) is 0 Å². The Hall–Kier alpha value is -3.49. The zero-order valence-corrected chi connectivity index (χ0v) is 17.4. The van der Waals surface area contributed by atoms with Crippen LogP contribution in [0.4, 0.5) is 16.6 Å². The highest BCUT2D eigenvalue weighted by atomic mass is 16.6. The summed E-state index contributed by atoms with van der Waals surface area (Å²) in [6, 6.07) is 9.22. The summed E-state index contributed by atoms with van der Waals surface area (Å²) in [7, 11) is 0. The lowest BCUT2D eigenvalue weighted by molar-refractivity contribution is 0.177. The molecule has 0 saturated carbocycles. The minimum Gasteiger partial charge on any atom is -0.447 e. The Bertz CT molecular complexity index is 1030. The molecule has 9 nitrogen and oxygen atoms in total. The summed E-state index contributed by atoms with van der Waals surface area (Å²) in [5.41, 5.74) is 2.05. The molecular formula is C21H24N6O3. The summed E-state index contributed by atoms with van der Waals surface area (Å²) in [6.45, 7) is 8.34. The number of hydrogen-bond acceptors (Lipinski definition) is 8. The van der Waals surface area contributed by atoms with Crippen molar-refractivity contribution in [2.45, 2.75) is 39.8 Å². The van der Waals surface area contributed by atoms with E-state index in [1.165, 1.54) is 0 Å². The van der Waals surface area contributed by atoms with Gasteiger partial charge in [0.1, 0.15) is 18.5 Å². The van der Waals surface area contributed by atoms with Gasteiger partial charge in [-0.25, -0.2) is 9.78 Å². The number of hydrogen-bond donors (Lipinski definition) is 1. The van der Waals surface area contributed by atoms with Gasteiger partial charge in [-0.2, -0.15) is 9.97 Å². The van der Waals surface area contributed by atoms with Crippen molar-refractivity contribution in [1.82, 2.24) is 20.1 Å². The highest BCUT2D eigenvalue weighted by Gasteiger charge is 2.37. The van der Waals surface area contributed by atoms with Gasteiger partial charge < -0.3 is 14.6 Å². The Balaban J connectivity index is 1.50. The van der Waals surface area contributed by atoms with Gasteiger partial charge in [-0.05, 0) is 25.8 Å². The normalized spacial score (nSPS) is 17.3. The number of aryl methyl sites for hydroxylation is 1. The van der Waals surface area contributed by atoms with Crippen LogP contribution < -0.4 is 10.2 Å². The van der Waals surface area contributed by atoms with E-state index in [4.69, 9.17) is 9.26 Å². The first kappa shape index (κ1) is 19.8. The monoisotopic (exact) mass is 408 g/mol. The SMILES string of the molecule is Cc1ccc(-c2noc([C@@H](C)Nc3nccc(N4C(=O)OCC4C(C)C)n3)n2)cc1. The lowest BCUT2D eigenvalue weighted by Gasteiger charge is -2.23. The van der Waals surface area contributed by atoms with Gasteiger partial charge in [0, 0.05) is 11.8 Å². The maximum absolute atomic E-state index is 12.2. The first-order valence-electron chi connectivity index (χ1n) is 9.88. The third kappa shape index (κ3) is 3.96. The minimum absolute atomic E-state index is 0.0642. The molecule has 1 amide bonds. The van der Waals surface area contributed by atoms with Gasteiger partial charge in [0.05, 0.1) is 6.04 Å². The van der Waals surface area contributed by atoms with Crippen molar-refractivity contribution in [2.75, 3.05) is 16.8 Å². The fourth-order valence-corrected chi connectivity index (χ4v) is 3.23. The fraction of sp³-hybridized carbons (Fsp3) is 0.381. The number of carbonyl (C=O) groups excluding carboxylic acids is 1. The van der Waals surface area contributed by atoms with Crippen LogP contribution in [0.15, 0.2) is 41.1 Å². The van der Waals surface area contributed by atoms with Gasteiger partial charge in [0.15, 0.2) is 0 Å². The van der Waals surface area contributed by atoms with E-state index in [2.05, 4.69) is 25.4 Å². The van der Waals surface area contributed by atoms with Gasteiger partial charge in [0.25, 0.3) is 0 Å².